The van der Waals surface area contributed by atoms with Crippen molar-refractivity contribution in [2.45, 2.75) is 18.9 Å². The summed E-state index contributed by atoms with van der Waals surface area (Å²) in [5.41, 5.74) is 0.709. The second-order valence-electron chi connectivity index (χ2n) is 5.15. The number of carbonyl (C=O) groups excluding carboxylic acids is 2. The number of β-amino-alcohol motifs (C(OH)–C–C–N with tert-alkyl or cyclic N) is 1. The monoisotopic (exact) mass is 311 g/mol. The number of hydrogen-bond acceptors (Lipinski definition) is 4. The Bertz CT molecular complexity index is 538. The van der Waals surface area contributed by atoms with E-state index in [0.29, 0.717) is 17.1 Å². The van der Waals surface area contributed by atoms with Crippen LogP contribution in [0.25, 0.3) is 0 Å². The molecule has 1 aliphatic heterocycles. The fourth-order valence-corrected chi connectivity index (χ4v) is 2.61. The topological polar surface area (TPSA) is 82.5 Å². The molecule has 1 saturated heterocycles. The standard InChI is InChI=1S/C14H18ClN3O3/c1-16-13(20)4-10-7-18(8-12(10)19)14(21)5-9-2-3-17-6-11(9)15/h2-3,6,10,12,19H,4-5,7-8H2,1H3,(H,16,20)/t10-,12-/m1/s1. The van der Waals surface area contributed by atoms with E-state index in [1.807, 2.05) is 0 Å². The highest BCUT2D eigenvalue weighted by Gasteiger charge is 2.35. The zero-order valence-corrected chi connectivity index (χ0v) is 12.5. The van der Waals surface area contributed by atoms with Gasteiger partial charge in [-0.2, -0.15) is 0 Å². The molecule has 1 fully saturated rings. The number of aliphatic hydroxyl groups is 1. The Kier molecular flexibility index (Phi) is 5.14. The number of pyridine rings is 1. The zero-order valence-electron chi connectivity index (χ0n) is 11.8. The van der Waals surface area contributed by atoms with Crippen molar-refractivity contribution in [1.29, 1.82) is 0 Å². The van der Waals surface area contributed by atoms with E-state index >= 15 is 0 Å². The minimum atomic E-state index is -0.667. The number of nitrogens with zero attached hydrogens (tertiary/aromatic N) is 2. The van der Waals surface area contributed by atoms with Gasteiger partial charge in [0.05, 0.1) is 17.5 Å². The molecule has 2 amide bonds. The van der Waals surface area contributed by atoms with E-state index in [4.69, 9.17) is 11.6 Å². The number of carbonyl (C=O) groups is 2. The van der Waals surface area contributed by atoms with Gasteiger partial charge in [-0.3, -0.25) is 14.6 Å². The van der Waals surface area contributed by atoms with Gasteiger partial charge < -0.3 is 15.3 Å². The van der Waals surface area contributed by atoms with Crippen molar-refractivity contribution in [2.24, 2.45) is 5.92 Å². The molecule has 114 valence electrons. The van der Waals surface area contributed by atoms with E-state index in [2.05, 4.69) is 10.3 Å². The lowest BCUT2D eigenvalue weighted by atomic mass is 10.0. The summed E-state index contributed by atoms with van der Waals surface area (Å²) in [6.45, 7) is 0.638. The molecule has 0 spiro atoms. The summed E-state index contributed by atoms with van der Waals surface area (Å²) >= 11 is 5.98. The van der Waals surface area contributed by atoms with Gasteiger partial charge in [-0.15, -0.1) is 0 Å². The van der Waals surface area contributed by atoms with Crippen molar-refractivity contribution in [2.75, 3.05) is 20.1 Å². The van der Waals surface area contributed by atoms with Crippen LogP contribution in [0.3, 0.4) is 0 Å². The number of aromatic nitrogens is 1. The molecular formula is C14H18ClN3O3. The number of aliphatic hydroxyl groups excluding tert-OH is 1. The van der Waals surface area contributed by atoms with Gasteiger partial charge in [-0.1, -0.05) is 11.6 Å². The molecule has 2 atom stereocenters. The number of halogens is 1. The van der Waals surface area contributed by atoms with Crippen LogP contribution in [0.1, 0.15) is 12.0 Å². The first-order valence-corrected chi connectivity index (χ1v) is 7.14. The molecule has 0 aromatic carbocycles. The lowest BCUT2D eigenvalue weighted by Crippen LogP contribution is -2.31. The average Bonchev–Trinajstić information content (AvgIpc) is 2.82. The summed E-state index contributed by atoms with van der Waals surface area (Å²) in [5, 5.41) is 12.9. The minimum Gasteiger partial charge on any atom is -0.391 e. The average molecular weight is 312 g/mol. The summed E-state index contributed by atoms with van der Waals surface area (Å²) < 4.78 is 0. The summed E-state index contributed by atoms with van der Waals surface area (Å²) in [5.74, 6) is -0.464. The van der Waals surface area contributed by atoms with Gasteiger partial charge in [-0.25, -0.2) is 0 Å². The number of likely N-dealkylation sites (tertiary alicyclic amines) is 1. The predicted molar refractivity (Wildman–Crippen MR) is 77.7 cm³/mol. The minimum absolute atomic E-state index is 0.110. The van der Waals surface area contributed by atoms with E-state index in [9.17, 15) is 14.7 Å². The molecule has 2 N–H and O–H groups in total. The number of nitrogens with one attached hydrogen (secondary N) is 1. The smallest absolute Gasteiger partial charge is 0.227 e. The third kappa shape index (κ3) is 3.92. The van der Waals surface area contributed by atoms with Gasteiger partial charge in [0.15, 0.2) is 0 Å². The highest BCUT2D eigenvalue weighted by Crippen LogP contribution is 2.22. The summed E-state index contributed by atoms with van der Waals surface area (Å²) in [6.07, 6.45) is 2.80. The van der Waals surface area contributed by atoms with Gasteiger partial charge in [0.2, 0.25) is 11.8 Å². The highest BCUT2D eigenvalue weighted by molar-refractivity contribution is 6.31. The Morgan fingerprint density at radius 1 is 1.52 bits per heavy atom. The van der Waals surface area contributed by atoms with Crippen LogP contribution in [0, 0.1) is 5.92 Å². The van der Waals surface area contributed by atoms with Gasteiger partial charge >= 0.3 is 0 Å². The van der Waals surface area contributed by atoms with Crippen molar-refractivity contribution in [3.63, 3.8) is 0 Å². The van der Waals surface area contributed by atoms with Crippen molar-refractivity contribution < 1.29 is 14.7 Å². The van der Waals surface area contributed by atoms with E-state index in [0.717, 1.165) is 0 Å². The largest absolute Gasteiger partial charge is 0.391 e. The summed E-state index contributed by atoms with van der Waals surface area (Å²) in [4.78, 5) is 29.1. The SMILES string of the molecule is CNC(=O)C[C@@H]1CN(C(=O)Cc2ccncc2Cl)C[C@H]1O. The number of hydrogen-bond donors (Lipinski definition) is 2. The summed E-state index contributed by atoms with van der Waals surface area (Å²) in [6, 6.07) is 1.70. The molecule has 1 aromatic rings. The van der Waals surface area contributed by atoms with Crippen molar-refractivity contribution >= 4 is 23.4 Å². The molecule has 7 heteroatoms. The van der Waals surface area contributed by atoms with Crippen LogP contribution < -0.4 is 5.32 Å². The third-order valence-electron chi connectivity index (χ3n) is 3.68. The first-order chi connectivity index (χ1) is 10.0. The van der Waals surface area contributed by atoms with E-state index in [1.54, 1.807) is 24.2 Å². The van der Waals surface area contributed by atoms with Crippen LogP contribution in [0.15, 0.2) is 18.5 Å². The molecule has 1 aliphatic rings. The lowest BCUT2D eigenvalue weighted by Gasteiger charge is -2.16. The molecule has 0 bridgehead atoms. The van der Waals surface area contributed by atoms with E-state index in [-0.39, 0.29) is 37.1 Å². The lowest BCUT2D eigenvalue weighted by molar-refractivity contribution is -0.130. The van der Waals surface area contributed by atoms with E-state index in [1.165, 1.54) is 6.20 Å². The van der Waals surface area contributed by atoms with Gasteiger partial charge in [0, 0.05) is 44.9 Å². The second-order valence-corrected chi connectivity index (χ2v) is 5.55. The van der Waals surface area contributed by atoms with Crippen LogP contribution in [-0.4, -0.2) is 53.0 Å². The van der Waals surface area contributed by atoms with Crippen LogP contribution in [0.2, 0.25) is 5.02 Å². The quantitative estimate of drug-likeness (QED) is 0.834. The number of rotatable bonds is 4. The first kappa shape index (κ1) is 15.7. The fraction of sp³-hybridized carbons (Fsp3) is 0.500. The maximum absolute atomic E-state index is 12.2. The highest BCUT2D eigenvalue weighted by atomic mass is 35.5. The van der Waals surface area contributed by atoms with Gasteiger partial charge in [0.1, 0.15) is 0 Å². The molecule has 2 heterocycles. The summed E-state index contributed by atoms with van der Waals surface area (Å²) in [7, 11) is 1.55. The number of amides is 2. The van der Waals surface area contributed by atoms with Crippen molar-refractivity contribution in [1.82, 2.24) is 15.2 Å². The van der Waals surface area contributed by atoms with Gasteiger partial charge in [0.25, 0.3) is 0 Å². The maximum Gasteiger partial charge on any atom is 0.227 e. The molecule has 6 nitrogen and oxygen atoms in total. The maximum atomic E-state index is 12.2. The molecule has 2 rings (SSSR count). The van der Waals surface area contributed by atoms with Crippen LogP contribution >= 0.6 is 11.6 Å². The Hall–Kier alpha value is -1.66. The fourth-order valence-electron chi connectivity index (χ4n) is 2.42. The van der Waals surface area contributed by atoms with Crippen molar-refractivity contribution in [3.8, 4) is 0 Å². The molecule has 0 aliphatic carbocycles. The Morgan fingerprint density at radius 3 is 2.95 bits per heavy atom. The van der Waals surface area contributed by atoms with Crippen LogP contribution in [-0.2, 0) is 16.0 Å². The Balaban J connectivity index is 1.95. The Labute approximate surface area is 128 Å². The molecule has 0 radical (unpaired) electrons. The molecule has 0 unspecified atom stereocenters. The Morgan fingerprint density at radius 2 is 2.29 bits per heavy atom. The molecule has 21 heavy (non-hydrogen) atoms. The van der Waals surface area contributed by atoms with E-state index < -0.39 is 6.10 Å². The van der Waals surface area contributed by atoms with Crippen molar-refractivity contribution in [3.05, 3.63) is 29.0 Å². The normalized spacial score (nSPS) is 21.4. The predicted octanol–water partition coefficient (Wildman–Crippen LogP) is 0.233. The van der Waals surface area contributed by atoms with Crippen LogP contribution in [0.5, 0.6) is 0 Å². The zero-order chi connectivity index (χ0) is 15.4. The first-order valence-electron chi connectivity index (χ1n) is 6.76. The van der Waals surface area contributed by atoms with Gasteiger partial charge in [-0.05, 0) is 11.6 Å². The molecule has 1 aromatic heterocycles. The molecule has 0 saturated carbocycles. The second kappa shape index (κ2) is 6.87. The molecular weight excluding hydrogens is 294 g/mol. The third-order valence-corrected chi connectivity index (χ3v) is 4.02. The van der Waals surface area contributed by atoms with Crippen LogP contribution in [0.4, 0.5) is 0 Å².